The van der Waals surface area contributed by atoms with E-state index in [1.807, 2.05) is 6.08 Å². The molecule has 2 aromatic rings. The smallest absolute Gasteiger partial charge is 0.119 e. The average Bonchev–Trinajstić information content (AvgIpc) is 2.68. The highest BCUT2D eigenvalue weighted by molar-refractivity contribution is 5.66. The van der Waals surface area contributed by atoms with Crippen molar-refractivity contribution in [1.82, 2.24) is 0 Å². The number of allylic oxidation sites excluding steroid dienone is 2. The van der Waals surface area contributed by atoms with Gasteiger partial charge in [-0.05, 0) is 85.8 Å². The molecule has 3 rings (SSSR count). The van der Waals surface area contributed by atoms with Crippen LogP contribution in [0.1, 0.15) is 43.7 Å². The van der Waals surface area contributed by atoms with Gasteiger partial charge in [0.05, 0.1) is 6.61 Å². The molecule has 136 valence electrons. The van der Waals surface area contributed by atoms with E-state index in [0.717, 1.165) is 18.1 Å². The standard InChI is InChI=1S/C25H30O/c1-3-5-7-8-20-9-10-24-19-23(12-11-22(24)18-20)21-13-15-25(16-14-21)26-17-6-4-2/h3-5,11-16,19-20H,2,6-10,17-18H2,1H3/b5-3+. The van der Waals surface area contributed by atoms with Crippen molar-refractivity contribution in [3.63, 3.8) is 0 Å². The van der Waals surface area contributed by atoms with Crippen molar-refractivity contribution >= 4 is 0 Å². The number of hydrogen-bond donors (Lipinski definition) is 0. The quantitative estimate of drug-likeness (QED) is 0.378. The highest BCUT2D eigenvalue weighted by atomic mass is 16.5. The Morgan fingerprint density at radius 1 is 1.04 bits per heavy atom. The van der Waals surface area contributed by atoms with Crippen LogP contribution in [0.25, 0.3) is 11.1 Å². The Balaban J connectivity index is 1.65. The van der Waals surface area contributed by atoms with Crippen LogP contribution in [0.2, 0.25) is 0 Å². The molecule has 2 aromatic carbocycles. The Bertz CT molecular complexity index is 739. The maximum Gasteiger partial charge on any atom is 0.119 e. The monoisotopic (exact) mass is 346 g/mol. The second kappa shape index (κ2) is 9.43. The maximum absolute atomic E-state index is 5.70. The first-order chi connectivity index (χ1) is 12.8. The van der Waals surface area contributed by atoms with Crippen molar-refractivity contribution in [2.45, 2.75) is 45.4 Å². The van der Waals surface area contributed by atoms with E-state index in [1.165, 1.54) is 48.8 Å². The van der Waals surface area contributed by atoms with Gasteiger partial charge >= 0.3 is 0 Å². The van der Waals surface area contributed by atoms with Crippen LogP contribution < -0.4 is 4.74 Å². The van der Waals surface area contributed by atoms with Gasteiger partial charge in [-0.2, -0.15) is 0 Å². The summed E-state index contributed by atoms with van der Waals surface area (Å²) in [5, 5.41) is 0. The zero-order chi connectivity index (χ0) is 18.2. The number of aryl methyl sites for hydroxylation is 1. The lowest BCUT2D eigenvalue weighted by Crippen LogP contribution is -2.14. The molecule has 0 N–H and O–H groups in total. The Labute approximate surface area is 158 Å². The van der Waals surface area contributed by atoms with Gasteiger partial charge in [0, 0.05) is 0 Å². The van der Waals surface area contributed by atoms with E-state index in [4.69, 9.17) is 4.74 Å². The molecule has 0 saturated carbocycles. The van der Waals surface area contributed by atoms with E-state index >= 15 is 0 Å². The zero-order valence-corrected chi connectivity index (χ0v) is 15.9. The summed E-state index contributed by atoms with van der Waals surface area (Å²) in [4.78, 5) is 0. The van der Waals surface area contributed by atoms with Gasteiger partial charge in [-0.25, -0.2) is 0 Å². The number of rotatable bonds is 8. The zero-order valence-electron chi connectivity index (χ0n) is 15.9. The van der Waals surface area contributed by atoms with Gasteiger partial charge in [0.15, 0.2) is 0 Å². The predicted octanol–water partition coefficient (Wildman–Crippen LogP) is 6.77. The summed E-state index contributed by atoms with van der Waals surface area (Å²) in [5.41, 5.74) is 5.67. The fraction of sp³-hybridized carbons (Fsp3) is 0.360. The summed E-state index contributed by atoms with van der Waals surface area (Å²) in [7, 11) is 0. The summed E-state index contributed by atoms with van der Waals surface area (Å²) < 4.78 is 5.70. The lowest BCUT2D eigenvalue weighted by Gasteiger charge is -2.25. The van der Waals surface area contributed by atoms with E-state index in [2.05, 4.69) is 68.1 Å². The summed E-state index contributed by atoms with van der Waals surface area (Å²) >= 11 is 0. The van der Waals surface area contributed by atoms with Crippen molar-refractivity contribution in [3.8, 4) is 16.9 Å². The number of ether oxygens (including phenoxy) is 1. The topological polar surface area (TPSA) is 9.23 Å². The molecular formula is C25H30O. The minimum absolute atomic E-state index is 0.691. The van der Waals surface area contributed by atoms with E-state index < -0.39 is 0 Å². The SMILES string of the molecule is C=CCCOc1ccc(-c2ccc3c(c2)CCC(CC/C=C/C)C3)cc1. The molecule has 1 atom stereocenters. The Morgan fingerprint density at radius 3 is 2.62 bits per heavy atom. The molecule has 1 aliphatic rings. The molecule has 1 nitrogen and oxygen atoms in total. The third-order valence-corrected chi connectivity index (χ3v) is 5.29. The summed E-state index contributed by atoms with van der Waals surface area (Å²) in [6.45, 7) is 6.52. The fourth-order valence-corrected chi connectivity index (χ4v) is 3.76. The molecule has 0 aromatic heterocycles. The van der Waals surface area contributed by atoms with Crippen LogP contribution in [0.15, 0.2) is 67.3 Å². The van der Waals surface area contributed by atoms with Crippen LogP contribution in [0.3, 0.4) is 0 Å². The van der Waals surface area contributed by atoms with Gasteiger partial charge < -0.3 is 4.74 Å². The molecule has 0 saturated heterocycles. The van der Waals surface area contributed by atoms with Gasteiger partial charge in [0.1, 0.15) is 5.75 Å². The highest BCUT2D eigenvalue weighted by Crippen LogP contribution is 2.32. The molecule has 1 unspecified atom stereocenters. The first kappa shape index (κ1) is 18.5. The fourth-order valence-electron chi connectivity index (χ4n) is 3.76. The van der Waals surface area contributed by atoms with Gasteiger partial charge in [0.25, 0.3) is 0 Å². The maximum atomic E-state index is 5.70. The van der Waals surface area contributed by atoms with Gasteiger partial charge in [-0.15, -0.1) is 6.58 Å². The molecule has 0 amide bonds. The van der Waals surface area contributed by atoms with E-state index in [-0.39, 0.29) is 0 Å². The molecule has 1 aliphatic carbocycles. The van der Waals surface area contributed by atoms with Gasteiger partial charge in [-0.3, -0.25) is 0 Å². The van der Waals surface area contributed by atoms with Crippen LogP contribution in [-0.2, 0) is 12.8 Å². The van der Waals surface area contributed by atoms with Gasteiger partial charge in [0.2, 0.25) is 0 Å². The van der Waals surface area contributed by atoms with Crippen LogP contribution in [0, 0.1) is 5.92 Å². The average molecular weight is 347 g/mol. The van der Waals surface area contributed by atoms with Crippen molar-refractivity contribution in [1.29, 1.82) is 0 Å². The second-order valence-electron chi connectivity index (χ2n) is 7.19. The van der Waals surface area contributed by atoms with Crippen molar-refractivity contribution < 1.29 is 4.74 Å². The normalized spacial score (nSPS) is 16.4. The molecule has 0 spiro atoms. The largest absolute Gasteiger partial charge is 0.493 e. The van der Waals surface area contributed by atoms with Crippen LogP contribution in [0.5, 0.6) is 5.75 Å². The minimum Gasteiger partial charge on any atom is -0.493 e. The first-order valence-electron chi connectivity index (χ1n) is 9.87. The number of benzene rings is 2. The van der Waals surface area contributed by atoms with Crippen molar-refractivity contribution in [2.24, 2.45) is 5.92 Å². The Hall–Kier alpha value is -2.28. The van der Waals surface area contributed by atoms with Crippen LogP contribution in [-0.4, -0.2) is 6.61 Å². The molecule has 0 radical (unpaired) electrons. The van der Waals surface area contributed by atoms with Crippen molar-refractivity contribution in [3.05, 3.63) is 78.4 Å². The third kappa shape index (κ3) is 4.88. The van der Waals surface area contributed by atoms with E-state index in [1.54, 1.807) is 5.56 Å². The van der Waals surface area contributed by atoms with Crippen LogP contribution >= 0.6 is 0 Å². The number of fused-ring (bicyclic) bond motifs is 1. The molecule has 0 heterocycles. The third-order valence-electron chi connectivity index (χ3n) is 5.29. The summed E-state index contributed by atoms with van der Waals surface area (Å²) in [5.74, 6) is 1.77. The molecule has 1 heteroatoms. The minimum atomic E-state index is 0.691. The van der Waals surface area contributed by atoms with E-state index in [0.29, 0.717) is 6.61 Å². The lowest BCUT2D eigenvalue weighted by molar-refractivity contribution is 0.325. The highest BCUT2D eigenvalue weighted by Gasteiger charge is 2.18. The summed E-state index contributed by atoms with van der Waals surface area (Å²) in [6.07, 6.45) is 13.5. The molecule has 0 aliphatic heterocycles. The molecular weight excluding hydrogens is 316 g/mol. The Kier molecular flexibility index (Phi) is 6.71. The molecule has 26 heavy (non-hydrogen) atoms. The van der Waals surface area contributed by atoms with Gasteiger partial charge in [-0.1, -0.05) is 48.6 Å². The second-order valence-corrected chi connectivity index (χ2v) is 7.19. The first-order valence-corrected chi connectivity index (χ1v) is 9.87. The lowest BCUT2D eigenvalue weighted by atomic mass is 9.80. The van der Waals surface area contributed by atoms with Crippen LogP contribution in [0.4, 0.5) is 0 Å². The summed E-state index contributed by atoms with van der Waals surface area (Å²) in [6, 6.07) is 15.5. The van der Waals surface area contributed by atoms with E-state index in [9.17, 15) is 0 Å². The Morgan fingerprint density at radius 2 is 1.85 bits per heavy atom. The molecule has 0 fully saturated rings. The molecule has 0 bridgehead atoms. The number of hydrogen-bond acceptors (Lipinski definition) is 1. The van der Waals surface area contributed by atoms with Crippen molar-refractivity contribution in [2.75, 3.05) is 6.61 Å². The predicted molar refractivity (Wildman–Crippen MR) is 112 cm³/mol.